The van der Waals surface area contributed by atoms with Crippen LogP contribution in [0.1, 0.15) is 12.8 Å². The van der Waals surface area contributed by atoms with Gasteiger partial charge in [0.15, 0.2) is 0 Å². The minimum Gasteiger partial charge on any atom is -0.375 e. The minimum atomic E-state index is 0.937. The maximum Gasteiger partial charge on any atom is 0.0300 e. The van der Waals surface area contributed by atoms with Crippen LogP contribution in [-0.2, 0) is 0 Å². The van der Waals surface area contributed by atoms with Crippen LogP contribution in [0.2, 0.25) is 0 Å². The molecule has 3 heteroatoms. The number of likely N-dealkylation sites (tertiary alicyclic amines) is 1. The highest BCUT2D eigenvalue weighted by molar-refractivity contribution is 4.81. The van der Waals surface area contributed by atoms with Crippen molar-refractivity contribution in [3.05, 3.63) is 12.8 Å². The van der Waals surface area contributed by atoms with Crippen molar-refractivity contribution in [2.75, 3.05) is 52.9 Å². The van der Waals surface area contributed by atoms with E-state index in [9.17, 15) is 0 Å². The fourth-order valence-corrected chi connectivity index (χ4v) is 2.74. The zero-order valence-corrected chi connectivity index (χ0v) is 10.6. The second-order valence-corrected chi connectivity index (χ2v) is 5.27. The lowest BCUT2D eigenvalue weighted by molar-refractivity contribution is 0.120. The quantitative estimate of drug-likeness (QED) is 0.709. The Morgan fingerprint density at radius 2 is 1.69 bits per heavy atom. The van der Waals surface area contributed by atoms with Crippen molar-refractivity contribution in [1.29, 1.82) is 0 Å². The Morgan fingerprint density at radius 3 is 2.25 bits per heavy atom. The van der Waals surface area contributed by atoms with E-state index in [1.54, 1.807) is 0 Å². The third-order valence-electron chi connectivity index (χ3n) is 4.02. The molecular weight excluding hydrogens is 198 g/mol. The molecule has 0 aromatic rings. The Kier molecular flexibility index (Phi) is 4.24. The Hall–Kier alpha value is -0.540. The van der Waals surface area contributed by atoms with E-state index >= 15 is 0 Å². The third kappa shape index (κ3) is 3.22. The number of hydrogen-bond donors (Lipinski definition) is 0. The lowest BCUT2D eigenvalue weighted by Gasteiger charge is -2.37. The predicted octanol–water partition coefficient (Wildman–Crippen LogP) is 1.09. The molecule has 0 radical (unpaired) electrons. The van der Waals surface area contributed by atoms with Gasteiger partial charge in [0, 0.05) is 32.7 Å². The molecule has 3 nitrogen and oxygen atoms in total. The first-order valence-electron chi connectivity index (χ1n) is 6.55. The second kappa shape index (κ2) is 5.69. The summed E-state index contributed by atoms with van der Waals surface area (Å²) < 4.78 is 0. The van der Waals surface area contributed by atoms with Gasteiger partial charge in [-0.3, -0.25) is 4.90 Å². The molecule has 0 aromatic heterocycles. The Balaban J connectivity index is 1.68. The SMILES string of the molecule is C=CN1CCN(CC2CCN(C)CC2)CC1. The van der Waals surface area contributed by atoms with Crippen LogP contribution in [0.4, 0.5) is 0 Å². The summed E-state index contributed by atoms with van der Waals surface area (Å²) in [6.07, 6.45) is 4.75. The van der Waals surface area contributed by atoms with Crippen LogP contribution in [0.5, 0.6) is 0 Å². The number of nitrogens with zero attached hydrogens (tertiary/aromatic N) is 3. The average molecular weight is 223 g/mol. The van der Waals surface area contributed by atoms with Gasteiger partial charge in [-0.1, -0.05) is 6.58 Å². The number of piperidine rings is 1. The lowest BCUT2D eigenvalue weighted by atomic mass is 9.96. The van der Waals surface area contributed by atoms with Gasteiger partial charge >= 0.3 is 0 Å². The van der Waals surface area contributed by atoms with E-state index in [4.69, 9.17) is 0 Å². The molecule has 0 saturated carbocycles. The molecule has 2 heterocycles. The Bertz CT molecular complexity index is 213. The van der Waals surface area contributed by atoms with Gasteiger partial charge in [0.2, 0.25) is 0 Å². The van der Waals surface area contributed by atoms with Gasteiger partial charge in [-0.2, -0.15) is 0 Å². The molecule has 0 bridgehead atoms. The van der Waals surface area contributed by atoms with Gasteiger partial charge in [0.05, 0.1) is 0 Å². The van der Waals surface area contributed by atoms with E-state index < -0.39 is 0 Å². The fourth-order valence-electron chi connectivity index (χ4n) is 2.74. The molecule has 0 spiro atoms. The van der Waals surface area contributed by atoms with Crippen molar-refractivity contribution < 1.29 is 0 Å². The van der Waals surface area contributed by atoms with Crippen molar-refractivity contribution in [3.63, 3.8) is 0 Å². The molecular formula is C13H25N3. The number of piperazine rings is 1. The van der Waals surface area contributed by atoms with Crippen molar-refractivity contribution >= 4 is 0 Å². The summed E-state index contributed by atoms with van der Waals surface area (Å²) in [5.74, 6) is 0.937. The van der Waals surface area contributed by atoms with Crippen molar-refractivity contribution in [2.24, 2.45) is 5.92 Å². The number of hydrogen-bond acceptors (Lipinski definition) is 3. The first-order valence-corrected chi connectivity index (χ1v) is 6.55. The molecule has 16 heavy (non-hydrogen) atoms. The van der Waals surface area contributed by atoms with E-state index in [0.717, 1.165) is 19.0 Å². The average Bonchev–Trinajstić information content (AvgIpc) is 2.33. The maximum atomic E-state index is 3.84. The molecule has 2 aliphatic heterocycles. The van der Waals surface area contributed by atoms with Crippen LogP contribution in [-0.4, -0.2) is 67.6 Å². The van der Waals surface area contributed by atoms with Crippen LogP contribution in [0, 0.1) is 5.92 Å². The van der Waals surface area contributed by atoms with Crippen LogP contribution >= 0.6 is 0 Å². The summed E-state index contributed by atoms with van der Waals surface area (Å²) in [7, 11) is 2.24. The highest BCUT2D eigenvalue weighted by Crippen LogP contribution is 2.18. The molecule has 2 rings (SSSR count). The van der Waals surface area contributed by atoms with Crippen LogP contribution < -0.4 is 0 Å². The van der Waals surface area contributed by atoms with E-state index in [-0.39, 0.29) is 0 Å². The molecule has 2 saturated heterocycles. The summed E-state index contributed by atoms with van der Waals surface area (Å²) in [6, 6.07) is 0. The minimum absolute atomic E-state index is 0.937. The normalized spacial score (nSPS) is 25.9. The van der Waals surface area contributed by atoms with Crippen LogP contribution in [0.3, 0.4) is 0 Å². The molecule has 0 N–H and O–H groups in total. The highest BCUT2D eigenvalue weighted by atomic mass is 15.2. The van der Waals surface area contributed by atoms with Gasteiger partial charge in [0.25, 0.3) is 0 Å². The van der Waals surface area contributed by atoms with E-state index in [0.29, 0.717) is 0 Å². The first kappa shape index (κ1) is 11.9. The predicted molar refractivity (Wildman–Crippen MR) is 68.4 cm³/mol. The van der Waals surface area contributed by atoms with Gasteiger partial charge in [-0.15, -0.1) is 0 Å². The largest absolute Gasteiger partial charge is 0.375 e. The monoisotopic (exact) mass is 223 g/mol. The summed E-state index contributed by atoms with van der Waals surface area (Å²) in [5.41, 5.74) is 0. The van der Waals surface area contributed by atoms with Gasteiger partial charge < -0.3 is 9.80 Å². The third-order valence-corrected chi connectivity index (χ3v) is 4.02. The molecule has 2 aliphatic rings. The molecule has 0 aromatic carbocycles. The zero-order valence-electron chi connectivity index (χ0n) is 10.6. The Labute approximate surface area is 99.7 Å². The molecule has 0 atom stereocenters. The van der Waals surface area contributed by atoms with Crippen molar-refractivity contribution in [3.8, 4) is 0 Å². The van der Waals surface area contributed by atoms with Crippen molar-refractivity contribution in [1.82, 2.24) is 14.7 Å². The molecule has 2 fully saturated rings. The zero-order chi connectivity index (χ0) is 11.4. The van der Waals surface area contributed by atoms with Crippen molar-refractivity contribution in [2.45, 2.75) is 12.8 Å². The summed E-state index contributed by atoms with van der Waals surface area (Å²) in [6.45, 7) is 12.5. The number of rotatable bonds is 3. The highest BCUT2D eigenvalue weighted by Gasteiger charge is 2.21. The fraction of sp³-hybridized carbons (Fsp3) is 0.846. The van der Waals surface area contributed by atoms with Gasteiger partial charge in [-0.05, 0) is 45.1 Å². The smallest absolute Gasteiger partial charge is 0.0300 e. The van der Waals surface area contributed by atoms with E-state index in [1.165, 1.54) is 45.6 Å². The van der Waals surface area contributed by atoms with Crippen LogP contribution in [0.15, 0.2) is 12.8 Å². The maximum absolute atomic E-state index is 3.84. The molecule has 0 unspecified atom stereocenters. The Morgan fingerprint density at radius 1 is 1.06 bits per heavy atom. The van der Waals surface area contributed by atoms with E-state index in [2.05, 4.69) is 28.3 Å². The summed E-state index contributed by atoms with van der Waals surface area (Å²) >= 11 is 0. The summed E-state index contributed by atoms with van der Waals surface area (Å²) in [4.78, 5) is 7.41. The standard InChI is InChI=1S/C13H25N3/c1-3-15-8-10-16(11-9-15)12-13-4-6-14(2)7-5-13/h3,13H,1,4-12H2,2H3. The van der Waals surface area contributed by atoms with E-state index in [1.807, 2.05) is 6.20 Å². The topological polar surface area (TPSA) is 9.72 Å². The van der Waals surface area contributed by atoms with Gasteiger partial charge in [0.1, 0.15) is 0 Å². The molecule has 0 amide bonds. The van der Waals surface area contributed by atoms with Crippen LogP contribution in [0.25, 0.3) is 0 Å². The lowest BCUT2D eigenvalue weighted by Crippen LogP contribution is -2.46. The summed E-state index contributed by atoms with van der Waals surface area (Å²) in [5, 5.41) is 0. The van der Waals surface area contributed by atoms with Gasteiger partial charge in [-0.25, -0.2) is 0 Å². The molecule has 92 valence electrons. The first-order chi connectivity index (χ1) is 7.78. The second-order valence-electron chi connectivity index (χ2n) is 5.27. The molecule has 0 aliphatic carbocycles.